The van der Waals surface area contributed by atoms with Crippen LogP contribution >= 0.6 is 31.9 Å². The zero-order chi connectivity index (χ0) is 13.0. The highest BCUT2D eigenvalue weighted by Crippen LogP contribution is 2.18. The Kier molecular flexibility index (Phi) is 4.92. The van der Waals surface area contributed by atoms with Gasteiger partial charge in [-0.05, 0) is 52.7 Å². The molecule has 0 fully saturated rings. The minimum Gasteiger partial charge on any atom is -0.305 e. The standard InChI is InChI=1S/C14H14Br2N2/c1-10(11-3-2-4-12(15)7-11)17-9-14-6-5-13(16)8-18-14/h2-8,10,17H,9H2,1H3/t10-/m1/s1. The van der Waals surface area contributed by atoms with Crippen LogP contribution in [0.5, 0.6) is 0 Å². The van der Waals surface area contributed by atoms with Gasteiger partial charge in [0.1, 0.15) is 0 Å². The first-order valence-electron chi connectivity index (χ1n) is 5.74. The lowest BCUT2D eigenvalue weighted by Gasteiger charge is -2.14. The van der Waals surface area contributed by atoms with Crippen LogP contribution < -0.4 is 5.32 Å². The van der Waals surface area contributed by atoms with Crippen molar-refractivity contribution in [2.45, 2.75) is 19.5 Å². The Hall–Kier alpha value is -0.710. The smallest absolute Gasteiger partial charge is 0.0542 e. The van der Waals surface area contributed by atoms with Crippen molar-refractivity contribution in [3.05, 3.63) is 62.8 Å². The highest BCUT2D eigenvalue weighted by atomic mass is 79.9. The molecule has 0 bridgehead atoms. The van der Waals surface area contributed by atoms with Gasteiger partial charge in [-0.15, -0.1) is 0 Å². The molecular formula is C14H14Br2N2. The van der Waals surface area contributed by atoms with Crippen LogP contribution in [0.15, 0.2) is 51.5 Å². The van der Waals surface area contributed by atoms with Crippen LogP contribution in [-0.4, -0.2) is 4.98 Å². The van der Waals surface area contributed by atoms with E-state index in [1.54, 1.807) is 0 Å². The van der Waals surface area contributed by atoms with Crippen LogP contribution in [-0.2, 0) is 6.54 Å². The highest BCUT2D eigenvalue weighted by molar-refractivity contribution is 9.10. The summed E-state index contributed by atoms with van der Waals surface area (Å²) in [6.45, 7) is 2.92. The summed E-state index contributed by atoms with van der Waals surface area (Å²) >= 11 is 6.87. The summed E-state index contributed by atoms with van der Waals surface area (Å²) in [7, 11) is 0. The van der Waals surface area contributed by atoms with E-state index in [2.05, 4.69) is 67.3 Å². The third kappa shape index (κ3) is 3.90. The average Bonchev–Trinajstić information content (AvgIpc) is 2.38. The predicted molar refractivity (Wildman–Crippen MR) is 81.3 cm³/mol. The number of aromatic nitrogens is 1. The van der Waals surface area contributed by atoms with Crippen molar-refractivity contribution in [1.82, 2.24) is 10.3 Å². The minimum atomic E-state index is 0.299. The molecule has 2 nitrogen and oxygen atoms in total. The maximum atomic E-state index is 4.34. The number of nitrogens with zero attached hydrogens (tertiary/aromatic N) is 1. The average molecular weight is 370 g/mol. The molecule has 2 rings (SSSR count). The molecule has 0 saturated heterocycles. The molecule has 0 spiro atoms. The maximum Gasteiger partial charge on any atom is 0.0542 e. The normalized spacial score (nSPS) is 12.4. The van der Waals surface area contributed by atoms with Crippen molar-refractivity contribution >= 4 is 31.9 Å². The van der Waals surface area contributed by atoms with E-state index in [1.807, 2.05) is 24.4 Å². The van der Waals surface area contributed by atoms with Crippen LogP contribution in [0.4, 0.5) is 0 Å². The second kappa shape index (κ2) is 6.45. The molecule has 1 heterocycles. The monoisotopic (exact) mass is 368 g/mol. The summed E-state index contributed by atoms with van der Waals surface area (Å²) in [5, 5.41) is 3.46. The lowest BCUT2D eigenvalue weighted by Crippen LogP contribution is -2.18. The van der Waals surface area contributed by atoms with Crippen molar-refractivity contribution in [2.75, 3.05) is 0 Å². The maximum absolute atomic E-state index is 4.34. The molecule has 0 saturated carbocycles. The van der Waals surface area contributed by atoms with Gasteiger partial charge in [0, 0.05) is 27.7 Å². The first-order valence-corrected chi connectivity index (χ1v) is 7.33. The van der Waals surface area contributed by atoms with E-state index in [4.69, 9.17) is 0 Å². The minimum absolute atomic E-state index is 0.299. The van der Waals surface area contributed by atoms with E-state index < -0.39 is 0 Å². The van der Waals surface area contributed by atoms with Crippen LogP contribution in [0.2, 0.25) is 0 Å². The van der Waals surface area contributed by atoms with Crippen molar-refractivity contribution in [1.29, 1.82) is 0 Å². The molecule has 0 aliphatic carbocycles. The Bertz CT molecular complexity index is 511. The van der Waals surface area contributed by atoms with Crippen LogP contribution in [0.3, 0.4) is 0 Å². The molecule has 18 heavy (non-hydrogen) atoms. The van der Waals surface area contributed by atoms with Crippen LogP contribution in [0, 0.1) is 0 Å². The number of hydrogen-bond acceptors (Lipinski definition) is 2. The summed E-state index contributed by atoms with van der Waals surface area (Å²) in [6, 6.07) is 12.7. The van der Waals surface area contributed by atoms with Gasteiger partial charge in [0.2, 0.25) is 0 Å². The van der Waals surface area contributed by atoms with Crippen LogP contribution in [0.25, 0.3) is 0 Å². The lowest BCUT2D eigenvalue weighted by atomic mass is 10.1. The molecule has 1 atom stereocenters. The largest absolute Gasteiger partial charge is 0.305 e. The van der Waals surface area contributed by atoms with E-state index >= 15 is 0 Å². The van der Waals surface area contributed by atoms with Gasteiger partial charge in [-0.25, -0.2) is 0 Å². The van der Waals surface area contributed by atoms with Crippen molar-refractivity contribution in [3.8, 4) is 0 Å². The van der Waals surface area contributed by atoms with Crippen molar-refractivity contribution in [3.63, 3.8) is 0 Å². The molecular weight excluding hydrogens is 356 g/mol. The van der Waals surface area contributed by atoms with Gasteiger partial charge in [0.05, 0.1) is 5.69 Å². The zero-order valence-corrected chi connectivity index (χ0v) is 13.2. The topological polar surface area (TPSA) is 24.9 Å². The fourth-order valence-electron chi connectivity index (χ4n) is 1.66. The molecule has 94 valence electrons. The Morgan fingerprint density at radius 1 is 1.17 bits per heavy atom. The molecule has 1 aromatic heterocycles. The molecule has 0 aliphatic rings. The van der Waals surface area contributed by atoms with E-state index in [0.29, 0.717) is 6.04 Å². The third-order valence-corrected chi connectivity index (χ3v) is 3.69. The van der Waals surface area contributed by atoms with Gasteiger partial charge >= 0.3 is 0 Å². The quantitative estimate of drug-likeness (QED) is 0.860. The van der Waals surface area contributed by atoms with E-state index in [9.17, 15) is 0 Å². The third-order valence-electron chi connectivity index (χ3n) is 2.73. The van der Waals surface area contributed by atoms with Crippen LogP contribution in [0.1, 0.15) is 24.2 Å². The Labute approximate surface area is 124 Å². The SMILES string of the molecule is C[C@@H](NCc1ccc(Br)cn1)c1cccc(Br)c1. The molecule has 1 N–H and O–H groups in total. The fourth-order valence-corrected chi connectivity index (χ4v) is 2.31. The predicted octanol–water partition coefficient (Wildman–Crippen LogP) is 4.46. The summed E-state index contributed by atoms with van der Waals surface area (Å²) < 4.78 is 2.11. The highest BCUT2D eigenvalue weighted by Gasteiger charge is 2.05. The molecule has 1 aromatic carbocycles. The van der Waals surface area contributed by atoms with Crippen molar-refractivity contribution < 1.29 is 0 Å². The number of rotatable bonds is 4. The Morgan fingerprint density at radius 2 is 2.00 bits per heavy atom. The lowest BCUT2D eigenvalue weighted by molar-refractivity contribution is 0.567. The second-order valence-electron chi connectivity index (χ2n) is 4.13. The molecule has 0 amide bonds. The van der Waals surface area contributed by atoms with Gasteiger partial charge in [0.15, 0.2) is 0 Å². The first kappa shape index (κ1) is 13.7. The Morgan fingerprint density at radius 3 is 2.67 bits per heavy atom. The van der Waals surface area contributed by atoms with Crippen molar-refractivity contribution in [2.24, 2.45) is 0 Å². The molecule has 2 aromatic rings. The fraction of sp³-hybridized carbons (Fsp3) is 0.214. The molecule has 4 heteroatoms. The van der Waals surface area contributed by atoms with Gasteiger partial charge in [0.25, 0.3) is 0 Å². The number of pyridine rings is 1. The summed E-state index contributed by atoms with van der Waals surface area (Å²) in [4.78, 5) is 4.34. The molecule has 0 unspecified atom stereocenters. The second-order valence-corrected chi connectivity index (χ2v) is 5.96. The Balaban J connectivity index is 1.96. The van der Waals surface area contributed by atoms with E-state index in [-0.39, 0.29) is 0 Å². The van der Waals surface area contributed by atoms with Gasteiger partial charge in [-0.1, -0.05) is 28.1 Å². The number of benzene rings is 1. The number of hydrogen-bond donors (Lipinski definition) is 1. The zero-order valence-electron chi connectivity index (χ0n) is 10.0. The molecule has 0 aliphatic heterocycles. The number of halogens is 2. The molecule has 0 radical (unpaired) electrons. The summed E-state index contributed by atoms with van der Waals surface area (Å²) in [5.74, 6) is 0. The summed E-state index contributed by atoms with van der Waals surface area (Å²) in [6.07, 6.45) is 1.82. The van der Waals surface area contributed by atoms with Gasteiger partial charge < -0.3 is 5.32 Å². The first-order chi connectivity index (χ1) is 8.65. The number of nitrogens with one attached hydrogen (secondary N) is 1. The van der Waals surface area contributed by atoms with Gasteiger partial charge in [-0.3, -0.25) is 4.98 Å². The van der Waals surface area contributed by atoms with E-state index in [1.165, 1.54) is 5.56 Å². The van der Waals surface area contributed by atoms with Gasteiger partial charge in [-0.2, -0.15) is 0 Å². The van der Waals surface area contributed by atoms with E-state index in [0.717, 1.165) is 21.2 Å². The summed E-state index contributed by atoms with van der Waals surface area (Å²) in [5.41, 5.74) is 2.31.